The summed E-state index contributed by atoms with van der Waals surface area (Å²) in [5.41, 5.74) is 18.2. The topological polar surface area (TPSA) is 22.3 Å². The van der Waals surface area contributed by atoms with E-state index in [4.69, 9.17) is 4.74 Å². The SMILES string of the molecule is CC1=C(C)C2(C)C(C)c3c1c1c4c(c5c6c(C)c(C)c(C)c(C)c6n6c5c1n3C21OC6(C)C(C)C1C)C(C)N(C)C4C. The molecule has 4 aromatic rings. The molecule has 4 heteroatoms. The van der Waals surface area contributed by atoms with Crippen LogP contribution in [0.1, 0.15) is 125 Å². The summed E-state index contributed by atoms with van der Waals surface area (Å²) in [5.74, 6) is 1.08. The number of benzene rings is 2. The number of allylic oxidation sites excluding steroid dienone is 1. The lowest BCUT2D eigenvalue weighted by molar-refractivity contribution is -0.222. The molecule has 6 heterocycles. The van der Waals surface area contributed by atoms with Gasteiger partial charge < -0.3 is 13.9 Å². The third-order valence-electron chi connectivity index (χ3n) is 15.0. The van der Waals surface area contributed by atoms with E-state index in [0.29, 0.717) is 29.8 Å². The van der Waals surface area contributed by atoms with Gasteiger partial charge in [-0.1, -0.05) is 33.3 Å². The molecule has 1 aliphatic carbocycles. The second kappa shape index (κ2) is 6.89. The van der Waals surface area contributed by atoms with Gasteiger partial charge in [-0.05, 0) is 108 Å². The summed E-state index contributed by atoms with van der Waals surface area (Å²) < 4.78 is 13.6. The summed E-state index contributed by atoms with van der Waals surface area (Å²) in [6.07, 6.45) is 0. The lowest BCUT2D eigenvalue weighted by Gasteiger charge is -2.49. The molecule has 2 aromatic carbocycles. The Morgan fingerprint density at radius 1 is 0.643 bits per heavy atom. The van der Waals surface area contributed by atoms with Gasteiger partial charge in [0.15, 0.2) is 5.72 Å². The smallest absolute Gasteiger partial charge is 0.160 e. The largest absolute Gasteiger partial charge is 0.328 e. The van der Waals surface area contributed by atoms with Crippen LogP contribution in [0, 0.1) is 44.9 Å². The standard InChI is InChI=1S/C38H47N3O/c1-15-16(2)18(4)32-26(17(15)3)30-28-24(10)39(14)25(11)29(28)31-27-19(5)20(6)36(12)23(9)33(27)41-35(31)34(30)40(32)37(13)21(7)22(8)38(36,41)42-37/h21-25H,1-14H3. The molecule has 1 saturated heterocycles. The molecule has 0 radical (unpaired) electrons. The van der Waals surface area contributed by atoms with Crippen LogP contribution < -0.4 is 0 Å². The Morgan fingerprint density at radius 3 is 1.86 bits per heavy atom. The van der Waals surface area contributed by atoms with E-state index in [1.54, 1.807) is 11.1 Å². The maximum Gasteiger partial charge on any atom is 0.160 e. The molecule has 8 atom stereocenters. The van der Waals surface area contributed by atoms with Crippen molar-refractivity contribution in [2.75, 3.05) is 7.05 Å². The molecule has 0 amide bonds. The molecule has 1 fully saturated rings. The fourth-order valence-electron chi connectivity index (χ4n) is 11.6. The maximum absolute atomic E-state index is 7.99. The molecular weight excluding hydrogens is 514 g/mol. The summed E-state index contributed by atoms with van der Waals surface area (Å²) in [5, 5.41) is 4.49. The number of hydrogen-bond donors (Lipinski definition) is 0. The molecule has 42 heavy (non-hydrogen) atoms. The zero-order valence-electron chi connectivity index (χ0n) is 28.1. The highest BCUT2D eigenvalue weighted by molar-refractivity contribution is 6.24. The van der Waals surface area contributed by atoms with E-state index in [1.807, 2.05) is 0 Å². The normalized spacial score (nSPS) is 38.0. The van der Waals surface area contributed by atoms with E-state index < -0.39 is 11.4 Å². The predicted molar refractivity (Wildman–Crippen MR) is 174 cm³/mol. The second-order valence-corrected chi connectivity index (χ2v) is 15.6. The molecule has 4 bridgehead atoms. The lowest BCUT2D eigenvalue weighted by atomic mass is 9.58. The summed E-state index contributed by atoms with van der Waals surface area (Å²) in [7, 11) is 2.34. The van der Waals surface area contributed by atoms with E-state index in [-0.39, 0.29) is 5.41 Å². The Balaban J connectivity index is 1.73. The average Bonchev–Trinajstić information content (AvgIpc) is 3.63. The van der Waals surface area contributed by atoms with Gasteiger partial charge in [-0.3, -0.25) is 4.90 Å². The monoisotopic (exact) mass is 561 g/mol. The summed E-state index contributed by atoms with van der Waals surface area (Å²) in [6.45, 7) is 31.6. The molecular formula is C38H47N3O. The van der Waals surface area contributed by atoms with Crippen molar-refractivity contribution in [2.24, 2.45) is 17.3 Å². The van der Waals surface area contributed by atoms with Gasteiger partial charge in [-0.15, -0.1) is 0 Å². The van der Waals surface area contributed by atoms with Crippen LogP contribution in [-0.2, 0) is 16.2 Å². The minimum Gasteiger partial charge on any atom is -0.328 e. The fourth-order valence-corrected chi connectivity index (χ4v) is 11.6. The third-order valence-corrected chi connectivity index (χ3v) is 15.0. The first-order valence-corrected chi connectivity index (χ1v) is 16.4. The molecule has 5 aliphatic rings. The molecule has 0 saturated carbocycles. The molecule has 8 unspecified atom stereocenters. The fraction of sp³-hybridized carbons (Fsp3) is 0.579. The minimum atomic E-state index is -0.473. The molecule has 4 aliphatic heterocycles. The number of aryl methyl sites for hydroxylation is 2. The second-order valence-electron chi connectivity index (χ2n) is 15.6. The van der Waals surface area contributed by atoms with Gasteiger partial charge in [0.25, 0.3) is 0 Å². The van der Waals surface area contributed by atoms with Gasteiger partial charge in [0.2, 0.25) is 0 Å². The Bertz CT molecular complexity index is 2070. The van der Waals surface area contributed by atoms with E-state index in [2.05, 4.69) is 111 Å². The van der Waals surface area contributed by atoms with Gasteiger partial charge in [0.05, 0.1) is 16.6 Å². The molecule has 9 rings (SSSR count). The highest BCUT2D eigenvalue weighted by Crippen LogP contribution is 2.76. The number of ether oxygens (including phenoxy) is 1. The number of rotatable bonds is 0. The number of nitrogens with zero attached hydrogens (tertiary/aromatic N) is 3. The van der Waals surface area contributed by atoms with Crippen LogP contribution in [0.3, 0.4) is 0 Å². The van der Waals surface area contributed by atoms with Gasteiger partial charge in [-0.2, -0.15) is 0 Å². The van der Waals surface area contributed by atoms with Crippen molar-refractivity contribution in [3.05, 3.63) is 50.2 Å². The Morgan fingerprint density at radius 2 is 1.21 bits per heavy atom. The van der Waals surface area contributed by atoms with Gasteiger partial charge in [0, 0.05) is 62.7 Å². The van der Waals surface area contributed by atoms with Crippen LogP contribution >= 0.6 is 0 Å². The van der Waals surface area contributed by atoms with Gasteiger partial charge in [0.1, 0.15) is 5.72 Å². The van der Waals surface area contributed by atoms with Crippen molar-refractivity contribution in [1.29, 1.82) is 0 Å². The van der Waals surface area contributed by atoms with Crippen LogP contribution in [0.4, 0.5) is 0 Å². The molecule has 1 spiro atoms. The van der Waals surface area contributed by atoms with Gasteiger partial charge >= 0.3 is 0 Å². The van der Waals surface area contributed by atoms with Gasteiger partial charge in [-0.25, -0.2) is 0 Å². The summed E-state index contributed by atoms with van der Waals surface area (Å²) in [4.78, 5) is 2.62. The van der Waals surface area contributed by atoms with Crippen LogP contribution in [0.25, 0.3) is 38.3 Å². The lowest BCUT2D eigenvalue weighted by Crippen LogP contribution is -2.51. The van der Waals surface area contributed by atoms with Crippen LogP contribution in [0.5, 0.6) is 0 Å². The third kappa shape index (κ3) is 2.03. The molecule has 4 nitrogen and oxygen atoms in total. The average molecular weight is 562 g/mol. The van der Waals surface area contributed by atoms with Crippen molar-refractivity contribution in [3.63, 3.8) is 0 Å². The molecule has 0 N–H and O–H groups in total. The molecule has 2 aromatic heterocycles. The quantitative estimate of drug-likeness (QED) is 0.213. The first kappa shape index (κ1) is 25.9. The van der Waals surface area contributed by atoms with Crippen molar-refractivity contribution >= 4 is 38.3 Å². The first-order valence-electron chi connectivity index (χ1n) is 16.4. The van der Waals surface area contributed by atoms with Crippen LogP contribution in [0.15, 0.2) is 5.57 Å². The highest BCUT2D eigenvalue weighted by Gasteiger charge is 2.74. The Labute approximate surface area is 250 Å². The number of aromatic nitrogens is 2. The zero-order valence-corrected chi connectivity index (χ0v) is 28.1. The Kier molecular flexibility index (Phi) is 4.25. The Hall–Kier alpha value is -2.56. The predicted octanol–water partition coefficient (Wildman–Crippen LogP) is 9.62. The maximum atomic E-state index is 7.99. The van der Waals surface area contributed by atoms with Crippen molar-refractivity contribution in [2.45, 2.75) is 119 Å². The van der Waals surface area contributed by atoms with Crippen LogP contribution in [0.2, 0.25) is 0 Å². The zero-order chi connectivity index (χ0) is 30.1. The summed E-state index contributed by atoms with van der Waals surface area (Å²) >= 11 is 0. The minimum absolute atomic E-state index is 0.0998. The van der Waals surface area contributed by atoms with E-state index in [1.165, 1.54) is 77.4 Å². The van der Waals surface area contributed by atoms with Crippen molar-refractivity contribution < 1.29 is 4.74 Å². The van der Waals surface area contributed by atoms with E-state index >= 15 is 0 Å². The first-order chi connectivity index (χ1) is 19.6. The number of fused-ring (bicyclic) bond motifs is 10. The van der Waals surface area contributed by atoms with Crippen LogP contribution in [-0.4, -0.2) is 21.1 Å². The highest BCUT2D eigenvalue weighted by atomic mass is 16.6. The van der Waals surface area contributed by atoms with Crippen molar-refractivity contribution in [1.82, 2.24) is 14.0 Å². The van der Waals surface area contributed by atoms with E-state index in [9.17, 15) is 0 Å². The number of hydrogen-bond acceptors (Lipinski definition) is 2. The molecule has 220 valence electrons. The van der Waals surface area contributed by atoms with E-state index in [0.717, 1.165) is 0 Å². The van der Waals surface area contributed by atoms with Crippen molar-refractivity contribution in [3.8, 4) is 0 Å². The summed E-state index contributed by atoms with van der Waals surface area (Å²) in [6, 6.07) is 0.698.